The number of alkyl halides is 3. The van der Waals surface area contributed by atoms with Crippen LogP contribution in [0.1, 0.15) is 21.6 Å². The number of nitrogens with zero attached hydrogens (tertiary/aromatic N) is 3. The summed E-state index contributed by atoms with van der Waals surface area (Å²) in [5.41, 5.74) is 0.0327. The van der Waals surface area contributed by atoms with Gasteiger partial charge in [-0.15, -0.1) is 0 Å². The topological polar surface area (TPSA) is 150 Å². The number of carbonyl (C=O) groups excluding carboxylic acids is 1. The number of halogens is 4. The Morgan fingerprint density at radius 3 is 2.50 bits per heavy atom. The van der Waals surface area contributed by atoms with Crippen molar-refractivity contribution in [1.82, 2.24) is 20.5 Å². The minimum atomic E-state index is -4.68. The van der Waals surface area contributed by atoms with Crippen molar-refractivity contribution in [1.29, 1.82) is 0 Å². The van der Waals surface area contributed by atoms with Crippen LogP contribution in [0.25, 0.3) is 22.2 Å². The van der Waals surface area contributed by atoms with Gasteiger partial charge in [0.05, 0.1) is 42.1 Å². The summed E-state index contributed by atoms with van der Waals surface area (Å²) in [6, 6.07) is 7.41. The van der Waals surface area contributed by atoms with E-state index in [-0.39, 0.29) is 40.2 Å². The number of rotatable bonds is 9. The summed E-state index contributed by atoms with van der Waals surface area (Å²) < 4.78 is 85.3. The van der Waals surface area contributed by atoms with Gasteiger partial charge in [-0.2, -0.15) is 18.3 Å². The molecule has 0 aliphatic rings. The molecule has 0 fully saturated rings. The molecule has 224 valence electrons. The van der Waals surface area contributed by atoms with E-state index in [1.807, 2.05) is 0 Å². The summed E-state index contributed by atoms with van der Waals surface area (Å²) in [6.45, 7) is -0.0876. The number of aromatic amines is 1. The average molecular weight is 611 g/mol. The van der Waals surface area contributed by atoms with Gasteiger partial charge in [0.2, 0.25) is 10.0 Å². The minimum Gasteiger partial charge on any atom is -0.505 e. The van der Waals surface area contributed by atoms with Crippen molar-refractivity contribution < 1.29 is 40.6 Å². The molecule has 4 N–H and O–H groups in total. The first-order chi connectivity index (χ1) is 19.6. The molecule has 0 atom stereocenters. The lowest BCUT2D eigenvalue weighted by molar-refractivity contribution is -0.127. The fourth-order valence-electron chi connectivity index (χ4n) is 4.29. The van der Waals surface area contributed by atoms with Gasteiger partial charge in [-0.05, 0) is 47.5 Å². The second-order valence-corrected chi connectivity index (χ2v) is 11.3. The molecule has 2 aromatic heterocycles. The average Bonchev–Trinajstić information content (AvgIpc) is 3.35. The van der Waals surface area contributed by atoms with E-state index in [0.717, 1.165) is 16.6 Å². The SMILES string of the molecule is CNC(=O)c1n[nH]c2cc(-c3cc(F)c(O)cc3CC(F)(F)F)nc(NCc3cc(OC)ccc3N(C)S(C)(=O)=O)c12. The maximum atomic E-state index is 14.4. The lowest BCUT2D eigenvalue weighted by Crippen LogP contribution is -2.26. The quantitative estimate of drug-likeness (QED) is 0.208. The number of sulfonamides is 1. The van der Waals surface area contributed by atoms with E-state index in [1.165, 1.54) is 33.3 Å². The summed E-state index contributed by atoms with van der Waals surface area (Å²) in [5.74, 6) is -2.31. The molecule has 4 rings (SSSR count). The minimum absolute atomic E-state index is 0.0166. The van der Waals surface area contributed by atoms with Gasteiger partial charge in [0.1, 0.15) is 11.6 Å². The third-order valence-electron chi connectivity index (χ3n) is 6.40. The van der Waals surface area contributed by atoms with Gasteiger partial charge < -0.3 is 20.5 Å². The molecule has 0 aliphatic heterocycles. The molecule has 4 aromatic rings. The maximum absolute atomic E-state index is 14.4. The van der Waals surface area contributed by atoms with Crippen LogP contribution in [0, 0.1) is 5.82 Å². The number of fused-ring (bicyclic) bond motifs is 1. The highest BCUT2D eigenvalue weighted by Crippen LogP contribution is 2.36. The number of methoxy groups -OCH3 is 1. The van der Waals surface area contributed by atoms with Crippen LogP contribution in [0.3, 0.4) is 0 Å². The van der Waals surface area contributed by atoms with Crippen molar-refractivity contribution in [3.63, 3.8) is 0 Å². The number of pyridine rings is 1. The molecule has 16 heteroatoms. The van der Waals surface area contributed by atoms with E-state index in [0.29, 0.717) is 23.1 Å². The molecule has 0 bridgehead atoms. The summed E-state index contributed by atoms with van der Waals surface area (Å²) in [5, 5.41) is 22.1. The first-order valence-electron chi connectivity index (χ1n) is 12.2. The van der Waals surface area contributed by atoms with Gasteiger partial charge in [0.15, 0.2) is 17.3 Å². The first kappa shape index (κ1) is 30.4. The molecule has 2 aromatic carbocycles. The molecule has 1 amide bonds. The molecule has 0 radical (unpaired) electrons. The Morgan fingerprint density at radius 2 is 1.88 bits per heavy atom. The maximum Gasteiger partial charge on any atom is 0.393 e. The van der Waals surface area contributed by atoms with Gasteiger partial charge in [0.25, 0.3) is 5.91 Å². The number of phenolic OH excluding ortho intramolecular Hbond substituents is 1. The number of hydrogen-bond donors (Lipinski definition) is 4. The fourth-order valence-corrected chi connectivity index (χ4v) is 4.83. The second-order valence-electron chi connectivity index (χ2n) is 9.26. The predicted octanol–water partition coefficient (Wildman–Crippen LogP) is 3.95. The van der Waals surface area contributed by atoms with Crippen molar-refractivity contribution >= 4 is 38.3 Å². The molecule has 0 aliphatic carbocycles. The van der Waals surface area contributed by atoms with Gasteiger partial charge >= 0.3 is 6.18 Å². The Morgan fingerprint density at radius 1 is 1.17 bits per heavy atom. The zero-order chi connectivity index (χ0) is 31.0. The van der Waals surface area contributed by atoms with Gasteiger partial charge in [0, 0.05) is 26.2 Å². The van der Waals surface area contributed by atoms with Crippen LogP contribution in [0.2, 0.25) is 0 Å². The van der Waals surface area contributed by atoms with Crippen LogP contribution in [-0.4, -0.2) is 68.3 Å². The molecule has 0 saturated heterocycles. The smallest absolute Gasteiger partial charge is 0.393 e. The third kappa shape index (κ3) is 6.32. The lowest BCUT2D eigenvalue weighted by Gasteiger charge is -2.21. The molecule has 2 heterocycles. The molecular weight excluding hydrogens is 584 g/mol. The molecule has 0 spiro atoms. The monoisotopic (exact) mass is 610 g/mol. The number of H-pyrrole nitrogens is 1. The number of nitrogens with one attached hydrogen (secondary N) is 3. The molecule has 11 nitrogen and oxygen atoms in total. The highest BCUT2D eigenvalue weighted by Gasteiger charge is 2.31. The van der Waals surface area contributed by atoms with Gasteiger partial charge in [-0.3, -0.25) is 14.2 Å². The van der Waals surface area contributed by atoms with Crippen LogP contribution in [-0.2, 0) is 23.0 Å². The molecule has 0 unspecified atom stereocenters. The number of ether oxygens (including phenoxy) is 1. The van der Waals surface area contributed by atoms with E-state index < -0.39 is 45.7 Å². The number of anilines is 2. The Kier molecular flexibility index (Phi) is 8.20. The van der Waals surface area contributed by atoms with Crippen molar-refractivity contribution in [3.05, 3.63) is 59.0 Å². The number of aromatic hydroxyl groups is 1. The molecule has 0 saturated carbocycles. The van der Waals surface area contributed by atoms with Gasteiger partial charge in [-0.1, -0.05) is 0 Å². The van der Waals surface area contributed by atoms with Crippen LogP contribution >= 0.6 is 0 Å². The summed E-state index contributed by atoms with van der Waals surface area (Å²) >= 11 is 0. The Hall–Kier alpha value is -4.60. The summed E-state index contributed by atoms with van der Waals surface area (Å²) in [6.07, 6.45) is -5.13. The van der Waals surface area contributed by atoms with Crippen molar-refractivity contribution in [2.45, 2.75) is 19.1 Å². The van der Waals surface area contributed by atoms with Crippen molar-refractivity contribution in [2.75, 3.05) is 37.1 Å². The van der Waals surface area contributed by atoms with E-state index >= 15 is 0 Å². The van der Waals surface area contributed by atoms with Crippen LogP contribution in [0.15, 0.2) is 36.4 Å². The van der Waals surface area contributed by atoms with Crippen molar-refractivity contribution in [3.8, 4) is 22.8 Å². The number of benzene rings is 2. The number of hydrogen-bond acceptors (Lipinski definition) is 8. The Labute approximate surface area is 237 Å². The summed E-state index contributed by atoms with van der Waals surface area (Å²) in [4.78, 5) is 17.0. The fraction of sp³-hybridized carbons (Fsp3) is 0.269. The standard InChI is InChI=1S/C26H26F4N6O5S/c1-31-25(38)23-22-19(34-35-23)10-18(16-9-17(27)21(37)8-13(16)11-26(28,29)30)33-24(22)32-12-14-7-15(41-3)5-6-20(14)36(2)42(4,39)40/h5-10,37H,11-12H2,1-4H3,(H,31,38)(H,32,33)(H,34,35). The van der Waals surface area contributed by atoms with Crippen LogP contribution < -0.4 is 19.7 Å². The van der Waals surface area contributed by atoms with E-state index in [2.05, 4.69) is 25.8 Å². The number of aromatic nitrogens is 3. The van der Waals surface area contributed by atoms with E-state index in [9.17, 15) is 35.9 Å². The Bertz CT molecular complexity index is 1780. The van der Waals surface area contributed by atoms with E-state index in [1.54, 1.807) is 12.1 Å². The van der Waals surface area contributed by atoms with Crippen LogP contribution in [0.4, 0.5) is 29.1 Å². The number of amides is 1. The predicted molar refractivity (Wildman–Crippen MR) is 148 cm³/mol. The largest absolute Gasteiger partial charge is 0.505 e. The zero-order valence-corrected chi connectivity index (χ0v) is 23.5. The summed E-state index contributed by atoms with van der Waals surface area (Å²) in [7, 11) is 0.502. The lowest BCUT2D eigenvalue weighted by atomic mass is 9.99. The molecule has 42 heavy (non-hydrogen) atoms. The van der Waals surface area contributed by atoms with Crippen molar-refractivity contribution in [2.24, 2.45) is 0 Å². The third-order valence-corrected chi connectivity index (χ3v) is 7.59. The highest BCUT2D eigenvalue weighted by atomic mass is 32.2. The normalized spacial score (nSPS) is 11.9. The zero-order valence-electron chi connectivity index (χ0n) is 22.7. The molecular formula is C26H26F4N6O5S. The number of phenols is 1. The number of carbonyl (C=O) groups is 1. The second kappa shape index (κ2) is 11.3. The first-order valence-corrected chi connectivity index (χ1v) is 14.0. The highest BCUT2D eigenvalue weighted by molar-refractivity contribution is 7.92. The Balaban J connectivity index is 1.90. The van der Waals surface area contributed by atoms with E-state index in [4.69, 9.17) is 4.74 Å². The van der Waals surface area contributed by atoms with Gasteiger partial charge in [-0.25, -0.2) is 17.8 Å². The van der Waals surface area contributed by atoms with Crippen LogP contribution in [0.5, 0.6) is 11.5 Å².